The van der Waals surface area contributed by atoms with Gasteiger partial charge in [0.15, 0.2) is 11.6 Å². The lowest BCUT2D eigenvalue weighted by Gasteiger charge is -2.11. The van der Waals surface area contributed by atoms with Crippen molar-refractivity contribution in [2.45, 2.75) is 12.5 Å². The van der Waals surface area contributed by atoms with Gasteiger partial charge in [0.1, 0.15) is 5.82 Å². The molecule has 0 aliphatic carbocycles. The van der Waals surface area contributed by atoms with Crippen LogP contribution in [0.4, 0.5) is 22.0 Å². The van der Waals surface area contributed by atoms with Crippen LogP contribution in [0.2, 0.25) is 0 Å². The van der Waals surface area contributed by atoms with E-state index in [2.05, 4.69) is 0 Å². The fourth-order valence-corrected chi connectivity index (χ4v) is 0.954. The van der Waals surface area contributed by atoms with Crippen LogP contribution in [0.1, 0.15) is 11.6 Å². The van der Waals surface area contributed by atoms with Crippen LogP contribution in [0.25, 0.3) is 0 Å². The van der Waals surface area contributed by atoms with Gasteiger partial charge in [-0.2, -0.15) is 0 Å². The summed E-state index contributed by atoms with van der Waals surface area (Å²) in [5, 5.41) is 0. The monoisotopic (exact) mass is 247 g/mol. The minimum atomic E-state index is -3.08. The molecule has 0 saturated heterocycles. The summed E-state index contributed by atoms with van der Waals surface area (Å²) in [7, 11) is 0. The van der Waals surface area contributed by atoms with E-state index in [-0.39, 0.29) is 18.5 Å². The maximum atomic E-state index is 12.8. The molecule has 0 aliphatic heterocycles. The molecule has 1 atom stereocenters. The van der Waals surface area contributed by atoms with E-state index in [9.17, 15) is 22.0 Å². The first-order valence-corrected chi connectivity index (χ1v) is 3.61. The molecule has 86 valence electrons. The molecule has 1 rings (SSSR count). The Bertz CT molecular complexity index is 344. The Balaban J connectivity index is 0.00000196. The zero-order chi connectivity index (χ0) is 10.9. The van der Waals surface area contributed by atoms with Gasteiger partial charge in [-0.3, -0.25) is 0 Å². The molecular weight excluding hydrogens is 241 g/mol. The molecule has 0 spiro atoms. The molecule has 2 N–H and O–H groups in total. The summed E-state index contributed by atoms with van der Waals surface area (Å²) in [5.74, 6) is -4.22. The van der Waals surface area contributed by atoms with Crippen molar-refractivity contribution in [1.82, 2.24) is 0 Å². The molecule has 0 amide bonds. The molecule has 0 radical (unpaired) electrons. The van der Waals surface area contributed by atoms with Crippen LogP contribution in [0.5, 0.6) is 0 Å². The van der Waals surface area contributed by atoms with Gasteiger partial charge in [0.2, 0.25) is 0 Å². The normalized spacial score (nSPS) is 12.5. The Hall–Kier alpha value is -0.880. The number of halogens is 6. The Kier molecular flexibility index (Phi) is 4.96. The molecule has 0 aromatic heterocycles. The van der Waals surface area contributed by atoms with Gasteiger partial charge >= 0.3 is 0 Å². The Labute approximate surface area is 88.5 Å². The number of alkyl halides is 2. The first-order valence-electron chi connectivity index (χ1n) is 3.61. The van der Waals surface area contributed by atoms with E-state index in [0.29, 0.717) is 6.07 Å². The Morgan fingerprint density at radius 2 is 1.60 bits per heavy atom. The topological polar surface area (TPSA) is 26.0 Å². The van der Waals surface area contributed by atoms with Crippen LogP contribution in [0.15, 0.2) is 12.1 Å². The third kappa shape index (κ3) is 3.04. The molecule has 1 aromatic carbocycles. The molecule has 15 heavy (non-hydrogen) atoms. The number of benzene rings is 1. The van der Waals surface area contributed by atoms with Crippen LogP contribution in [0.3, 0.4) is 0 Å². The van der Waals surface area contributed by atoms with Gasteiger partial charge in [0.05, 0.1) is 6.04 Å². The van der Waals surface area contributed by atoms with Gasteiger partial charge in [0, 0.05) is 11.6 Å². The molecule has 0 heterocycles. The number of rotatable bonds is 2. The van der Waals surface area contributed by atoms with Gasteiger partial charge in [-0.25, -0.2) is 22.0 Å². The van der Waals surface area contributed by atoms with Crippen molar-refractivity contribution in [3.63, 3.8) is 0 Å². The lowest BCUT2D eigenvalue weighted by molar-refractivity contribution is 0.114. The molecule has 0 saturated carbocycles. The van der Waals surface area contributed by atoms with Crippen molar-refractivity contribution in [3.05, 3.63) is 35.1 Å². The minimum Gasteiger partial charge on any atom is -0.319 e. The summed E-state index contributed by atoms with van der Waals surface area (Å²) < 4.78 is 62.0. The smallest absolute Gasteiger partial charge is 0.257 e. The van der Waals surface area contributed by atoms with Gasteiger partial charge in [-0.15, -0.1) is 12.4 Å². The zero-order valence-electron chi connectivity index (χ0n) is 7.18. The number of hydrogen-bond donors (Lipinski definition) is 1. The highest BCUT2D eigenvalue weighted by Gasteiger charge is 2.23. The molecule has 7 heteroatoms. The Morgan fingerprint density at radius 3 is 2.07 bits per heavy atom. The summed E-state index contributed by atoms with van der Waals surface area (Å²) >= 11 is 0. The maximum Gasteiger partial charge on any atom is 0.257 e. The van der Waals surface area contributed by atoms with Gasteiger partial charge in [0.25, 0.3) is 6.43 Å². The molecule has 1 aromatic rings. The van der Waals surface area contributed by atoms with E-state index >= 15 is 0 Å². The standard InChI is InChI=1S/C8H6F5N.ClH/c9-3-1-4(7(14)8(12)13)6(11)5(10)2-3;/h1-2,7-8H,14H2;1H/t7-;/m1./s1. The van der Waals surface area contributed by atoms with Crippen molar-refractivity contribution in [2.75, 3.05) is 0 Å². The second-order valence-electron chi connectivity index (χ2n) is 2.65. The molecule has 1 nitrogen and oxygen atoms in total. The number of hydrogen-bond acceptors (Lipinski definition) is 1. The van der Waals surface area contributed by atoms with E-state index < -0.39 is 35.5 Å². The van der Waals surface area contributed by atoms with Crippen molar-refractivity contribution in [2.24, 2.45) is 5.73 Å². The fourth-order valence-electron chi connectivity index (χ4n) is 0.954. The van der Waals surface area contributed by atoms with Gasteiger partial charge in [-0.05, 0) is 6.07 Å². The first-order chi connectivity index (χ1) is 6.43. The highest BCUT2D eigenvalue weighted by Crippen LogP contribution is 2.23. The van der Waals surface area contributed by atoms with Crippen molar-refractivity contribution in [1.29, 1.82) is 0 Å². The predicted molar refractivity (Wildman–Crippen MR) is 46.5 cm³/mol. The summed E-state index contributed by atoms with van der Waals surface area (Å²) in [6, 6.07) is -1.31. The van der Waals surface area contributed by atoms with Crippen LogP contribution in [-0.4, -0.2) is 6.43 Å². The second kappa shape index (κ2) is 5.27. The predicted octanol–water partition coefficient (Wildman–Crippen LogP) is 2.79. The fraction of sp³-hybridized carbons (Fsp3) is 0.250. The van der Waals surface area contributed by atoms with Gasteiger partial charge in [-0.1, -0.05) is 0 Å². The highest BCUT2D eigenvalue weighted by atomic mass is 35.5. The third-order valence-corrected chi connectivity index (χ3v) is 1.65. The molecular formula is C8H7ClF5N. The van der Waals surface area contributed by atoms with Crippen molar-refractivity contribution >= 4 is 12.4 Å². The average Bonchev–Trinajstić information content (AvgIpc) is 2.09. The van der Waals surface area contributed by atoms with E-state index in [1.54, 1.807) is 0 Å². The maximum absolute atomic E-state index is 12.8. The molecule has 0 bridgehead atoms. The van der Waals surface area contributed by atoms with Gasteiger partial charge < -0.3 is 5.73 Å². The summed E-state index contributed by atoms with van der Waals surface area (Å²) in [5.41, 5.74) is 3.99. The van der Waals surface area contributed by atoms with Crippen molar-refractivity contribution < 1.29 is 22.0 Å². The summed E-state index contributed by atoms with van der Waals surface area (Å²) in [6.45, 7) is 0. The lowest BCUT2D eigenvalue weighted by atomic mass is 10.1. The van der Waals surface area contributed by atoms with Crippen LogP contribution >= 0.6 is 12.4 Å². The van der Waals surface area contributed by atoms with E-state index in [1.807, 2.05) is 0 Å². The molecule has 0 unspecified atom stereocenters. The third-order valence-electron chi connectivity index (χ3n) is 1.65. The SMILES string of the molecule is Cl.N[C@H](c1cc(F)cc(F)c1F)C(F)F. The van der Waals surface area contributed by atoms with Crippen LogP contribution in [0, 0.1) is 17.5 Å². The average molecular weight is 248 g/mol. The largest absolute Gasteiger partial charge is 0.319 e. The minimum absolute atomic E-state index is 0. The van der Waals surface area contributed by atoms with Crippen molar-refractivity contribution in [3.8, 4) is 0 Å². The quantitative estimate of drug-likeness (QED) is 0.631. The molecule has 0 fully saturated rings. The summed E-state index contributed by atoms with van der Waals surface area (Å²) in [6.07, 6.45) is -3.08. The second-order valence-corrected chi connectivity index (χ2v) is 2.65. The van der Waals surface area contributed by atoms with E-state index in [4.69, 9.17) is 5.73 Å². The Morgan fingerprint density at radius 1 is 1.07 bits per heavy atom. The zero-order valence-corrected chi connectivity index (χ0v) is 8.00. The van der Waals surface area contributed by atoms with Crippen LogP contribution < -0.4 is 5.73 Å². The van der Waals surface area contributed by atoms with Crippen LogP contribution in [-0.2, 0) is 0 Å². The lowest BCUT2D eigenvalue weighted by Crippen LogP contribution is -2.21. The van der Waals surface area contributed by atoms with E-state index in [1.165, 1.54) is 0 Å². The number of nitrogens with two attached hydrogens (primary N) is 1. The highest BCUT2D eigenvalue weighted by molar-refractivity contribution is 5.85. The van der Waals surface area contributed by atoms with E-state index in [0.717, 1.165) is 0 Å². The molecule has 0 aliphatic rings. The first kappa shape index (κ1) is 14.1. The summed E-state index contributed by atoms with van der Waals surface area (Å²) in [4.78, 5) is 0.